The Labute approximate surface area is 252 Å². The van der Waals surface area contributed by atoms with Crippen molar-refractivity contribution in [3.63, 3.8) is 0 Å². The Hall–Kier alpha value is -3.20. The van der Waals surface area contributed by atoms with Crippen LogP contribution >= 0.6 is 0 Å². The molecular weight excluding hydrogens is 630 g/mol. The highest BCUT2D eigenvalue weighted by Crippen LogP contribution is 2.44. The van der Waals surface area contributed by atoms with Crippen LogP contribution in [0.1, 0.15) is 57.4 Å². The van der Waals surface area contributed by atoms with Crippen molar-refractivity contribution in [3.05, 3.63) is 65.4 Å². The van der Waals surface area contributed by atoms with E-state index in [0.29, 0.717) is 26.1 Å². The molecular formula is C30H30F10O5. The fourth-order valence-corrected chi connectivity index (χ4v) is 5.36. The molecule has 2 fully saturated rings. The summed E-state index contributed by atoms with van der Waals surface area (Å²) in [5, 5.41) is 0. The molecule has 5 nitrogen and oxygen atoms in total. The van der Waals surface area contributed by atoms with Gasteiger partial charge in [-0.3, -0.25) is 0 Å². The number of hydrogen-bond donors (Lipinski definition) is 0. The number of unbranched alkanes of at least 4 members (excludes halogenated alkanes) is 1. The van der Waals surface area contributed by atoms with E-state index in [2.05, 4.69) is 21.1 Å². The van der Waals surface area contributed by atoms with Crippen LogP contribution in [-0.2, 0) is 15.6 Å². The number of benzene rings is 2. The first-order chi connectivity index (χ1) is 21.2. The summed E-state index contributed by atoms with van der Waals surface area (Å²) in [7, 11) is 0. The molecule has 0 unspecified atom stereocenters. The van der Waals surface area contributed by atoms with E-state index in [0.717, 1.165) is 19.3 Å². The van der Waals surface area contributed by atoms with Gasteiger partial charge in [0, 0.05) is 36.1 Å². The molecule has 2 aromatic rings. The molecule has 1 aliphatic carbocycles. The summed E-state index contributed by atoms with van der Waals surface area (Å²) >= 11 is 0. The minimum atomic E-state index is -4.92. The molecule has 45 heavy (non-hydrogen) atoms. The summed E-state index contributed by atoms with van der Waals surface area (Å²) in [4.78, 5) is 0. The van der Waals surface area contributed by atoms with Gasteiger partial charge in [-0.15, -0.1) is 0 Å². The van der Waals surface area contributed by atoms with Crippen LogP contribution in [0.25, 0.3) is 0 Å². The van der Waals surface area contributed by atoms with Crippen molar-refractivity contribution in [2.45, 2.75) is 70.4 Å². The zero-order valence-corrected chi connectivity index (χ0v) is 23.9. The van der Waals surface area contributed by atoms with Gasteiger partial charge in [0.05, 0.1) is 19.1 Å². The quantitative estimate of drug-likeness (QED) is 0.168. The summed E-state index contributed by atoms with van der Waals surface area (Å²) in [6.07, 6.45) is -8.46. The fourth-order valence-electron chi connectivity index (χ4n) is 5.36. The average molecular weight is 661 g/mol. The van der Waals surface area contributed by atoms with Crippen molar-refractivity contribution in [1.82, 2.24) is 0 Å². The predicted octanol–water partition coefficient (Wildman–Crippen LogP) is 9.45. The molecule has 0 N–H and O–H groups in total. The van der Waals surface area contributed by atoms with Gasteiger partial charge in [-0.25, -0.2) is 17.6 Å². The van der Waals surface area contributed by atoms with E-state index in [-0.39, 0.29) is 55.2 Å². The second-order valence-corrected chi connectivity index (χ2v) is 10.9. The molecule has 1 saturated carbocycles. The first-order valence-corrected chi connectivity index (χ1v) is 14.2. The number of hydrogen-bond acceptors (Lipinski definition) is 5. The topological polar surface area (TPSA) is 46.2 Å². The highest BCUT2D eigenvalue weighted by Gasteiger charge is 2.47. The first-order valence-electron chi connectivity index (χ1n) is 14.2. The lowest BCUT2D eigenvalue weighted by atomic mass is 9.80. The Morgan fingerprint density at radius 3 is 1.89 bits per heavy atom. The minimum absolute atomic E-state index is 0.0228. The largest absolute Gasteiger partial charge is 0.453 e. The minimum Gasteiger partial charge on any atom is -0.453 e. The third-order valence-electron chi connectivity index (χ3n) is 7.63. The van der Waals surface area contributed by atoms with Gasteiger partial charge in [0.2, 0.25) is 0 Å². The lowest BCUT2D eigenvalue weighted by molar-refractivity contribution is -0.248. The van der Waals surface area contributed by atoms with Crippen LogP contribution in [0.15, 0.2) is 36.6 Å². The summed E-state index contributed by atoms with van der Waals surface area (Å²) < 4.78 is 165. The third kappa shape index (κ3) is 8.75. The van der Waals surface area contributed by atoms with Crippen molar-refractivity contribution in [2.24, 2.45) is 17.8 Å². The summed E-state index contributed by atoms with van der Waals surface area (Å²) in [6.45, 7) is 3.13. The molecule has 1 heterocycles. The molecule has 0 bridgehead atoms. The molecule has 15 heteroatoms. The number of halogens is 10. The van der Waals surface area contributed by atoms with Crippen LogP contribution < -0.4 is 14.2 Å². The molecule has 0 atom stereocenters. The lowest BCUT2D eigenvalue weighted by Gasteiger charge is -2.39. The standard InChI is InChI=1S/C30H30F10O5/c1-2-3-4-16-13-42-28(43-14-16)17-5-7-18(8-6-17)29(37,38)44-19-9-21(31)26(22(32)10-19)30(39,40)45-20-11-23(33)27(24(34)12-20)41-15-25(35)36/h9-12,15-18,28H,2-8,13-14H2,1H3. The molecule has 0 radical (unpaired) electrons. The van der Waals surface area contributed by atoms with Gasteiger partial charge in [-0.05, 0) is 32.1 Å². The highest BCUT2D eigenvalue weighted by atomic mass is 19.3. The zero-order chi connectivity index (χ0) is 32.9. The van der Waals surface area contributed by atoms with Crippen LogP contribution in [0.4, 0.5) is 43.9 Å². The van der Waals surface area contributed by atoms with Crippen molar-refractivity contribution in [1.29, 1.82) is 0 Å². The van der Waals surface area contributed by atoms with Gasteiger partial charge in [-0.1, -0.05) is 19.8 Å². The molecule has 1 aliphatic heterocycles. The number of rotatable bonds is 12. The Kier molecular flexibility index (Phi) is 11.2. The second-order valence-electron chi connectivity index (χ2n) is 10.9. The lowest BCUT2D eigenvalue weighted by Crippen LogP contribution is -2.42. The monoisotopic (exact) mass is 660 g/mol. The van der Waals surface area contributed by atoms with E-state index < -0.39 is 76.6 Å². The summed E-state index contributed by atoms with van der Waals surface area (Å²) in [6, 6.07) is 0.388. The molecule has 2 aliphatic rings. The maximum absolute atomic E-state index is 15.0. The molecule has 2 aromatic carbocycles. The zero-order valence-electron chi connectivity index (χ0n) is 23.9. The molecule has 0 amide bonds. The van der Waals surface area contributed by atoms with Crippen LogP contribution in [0.3, 0.4) is 0 Å². The van der Waals surface area contributed by atoms with Crippen LogP contribution in [0.5, 0.6) is 17.2 Å². The molecule has 0 aromatic heterocycles. The highest BCUT2D eigenvalue weighted by molar-refractivity contribution is 5.37. The van der Waals surface area contributed by atoms with E-state index >= 15 is 0 Å². The Balaban J connectivity index is 1.38. The van der Waals surface area contributed by atoms with E-state index in [1.807, 2.05) is 0 Å². The Bertz CT molecular complexity index is 1290. The molecule has 250 valence electrons. The van der Waals surface area contributed by atoms with Crippen LogP contribution in [-0.4, -0.2) is 25.6 Å². The van der Waals surface area contributed by atoms with Gasteiger partial charge < -0.3 is 23.7 Å². The maximum Gasteiger partial charge on any atom is 0.432 e. The number of ether oxygens (including phenoxy) is 5. The van der Waals surface area contributed by atoms with Crippen LogP contribution in [0, 0.1) is 41.0 Å². The van der Waals surface area contributed by atoms with Gasteiger partial charge in [-0.2, -0.15) is 26.3 Å². The third-order valence-corrected chi connectivity index (χ3v) is 7.63. The van der Waals surface area contributed by atoms with E-state index in [1.165, 1.54) is 0 Å². The molecule has 1 saturated heterocycles. The van der Waals surface area contributed by atoms with E-state index in [9.17, 15) is 43.9 Å². The van der Waals surface area contributed by atoms with Crippen molar-refractivity contribution < 1.29 is 67.6 Å². The van der Waals surface area contributed by atoms with Crippen molar-refractivity contribution >= 4 is 0 Å². The molecule has 0 spiro atoms. The van der Waals surface area contributed by atoms with Gasteiger partial charge >= 0.3 is 18.3 Å². The first kappa shape index (κ1) is 34.7. The number of alkyl halides is 4. The normalized spacial score (nSPS) is 22.6. The van der Waals surface area contributed by atoms with Gasteiger partial charge in [0.25, 0.3) is 0 Å². The smallest absolute Gasteiger partial charge is 0.432 e. The van der Waals surface area contributed by atoms with E-state index in [4.69, 9.17) is 9.47 Å². The Morgan fingerprint density at radius 1 is 0.822 bits per heavy atom. The van der Waals surface area contributed by atoms with Crippen molar-refractivity contribution in [3.8, 4) is 17.2 Å². The van der Waals surface area contributed by atoms with Gasteiger partial charge in [0.1, 0.15) is 28.7 Å². The predicted molar refractivity (Wildman–Crippen MR) is 138 cm³/mol. The van der Waals surface area contributed by atoms with Crippen LogP contribution in [0.2, 0.25) is 0 Å². The fraction of sp³-hybridized carbons (Fsp3) is 0.533. The van der Waals surface area contributed by atoms with E-state index in [1.54, 1.807) is 0 Å². The summed E-state index contributed by atoms with van der Waals surface area (Å²) in [5.41, 5.74) is -2.06. The van der Waals surface area contributed by atoms with Gasteiger partial charge in [0.15, 0.2) is 29.9 Å². The average Bonchev–Trinajstić information content (AvgIpc) is 2.95. The summed E-state index contributed by atoms with van der Waals surface area (Å²) in [5.74, 6) is -12.6. The second kappa shape index (κ2) is 14.5. The van der Waals surface area contributed by atoms with Crippen molar-refractivity contribution in [2.75, 3.05) is 13.2 Å². The Morgan fingerprint density at radius 2 is 1.36 bits per heavy atom. The molecule has 4 rings (SSSR count). The maximum atomic E-state index is 15.0. The SMILES string of the molecule is CCCCC1COC(C2CCC(C(F)(F)Oc3cc(F)c(C(F)(F)Oc4cc(F)c(OC=C(F)F)c(F)c4)c(F)c3)CC2)OC1.